The van der Waals surface area contributed by atoms with E-state index in [1.807, 2.05) is 13.0 Å². The van der Waals surface area contributed by atoms with Gasteiger partial charge in [0.25, 0.3) is 5.91 Å². The van der Waals surface area contributed by atoms with Crippen molar-refractivity contribution in [3.8, 4) is 0 Å². The van der Waals surface area contributed by atoms with Crippen LogP contribution in [0.1, 0.15) is 32.5 Å². The normalized spacial score (nSPS) is 10.1. The maximum Gasteiger partial charge on any atom is 0.340 e. The number of carbonyl (C=O) groups excluding carboxylic acids is 2. The molecular weight excluding hydrogens is 274 g/mol. The molecule has 0 atom stereocenters. The first kappa shape index (κ1) is 14.3. The molecule has 4 nitrogen and oxygen atoms in total. The molecule has 0 aliphatic rings. The minimum atomic E-state index is -0.440. The molecular formula is C15H15NO3S. The second-order valence-corrected chi connectivity index (χ2v) is 5.26. The number of carbonyl (C=O) groups is 2. The molecule has 0 unspecified atom stereocenters. The lowest BCUT2D eigenvalue weighted by Gasteiger charge is -2.05. The Balaban J connectivity index is 2.26. The summed E-state index contributed by atoms with van der Waals surface area (Å²) >= 11 is 1.39. The van der Waals surface area contributed by atoms with E-state index in [4.69, 9.17) is 4.74 Å². The molecule has 1 amide bonds. The van der Waals surface area contributed by atoms with E-state index in [-0.39, 0.29) is 5.91 Å². The van der Waals surface area contributed by atoms with Gasteiger partial charge in [-0.15, -0.1) is 11.3 Å². The van der Waals surface area contributed by atoms with Crippen molar-refractivity contribution in [2.75, 3.05) is 12.4 Å². The van der Waals surface area contributed by atoms with Gasteiger partial charge in [0.05, 0.1) is 12.7 Å². The predicted molar refractivity (Wildman–Crippen MR) is 79.4 cm³/mol. The minimum Gasteiger partial charge on any atom is -0.465 e. The maximum atomic E-state index is 12.1. The third-order valence-electron chi connectivity index (χ3n) is 2.80. The molecule has 0 saturated heterocycles. The Hall–Kier alpha value is -2.14. The largest absolute Gasteiger partial charge is 0.465 e. The minimum absolute atomic E-state index is 0.236. The van der Waals surface area contributed by atoms with Gasteiger partial charge in [-0.2, -0.15) is 0 Å². The lowest BCUT2D eigenvalue weighted by Crippen LogP contribution is -2.13. The first-order chi connectivity index (χ1) is 9.65. The molecule has 1 aromatic carbocycles. The smallest absolute Gasteiger partial charge is 0.340 e. The fourth-order valence-electron chi connectivity index (χ4n) is 1.74. The Morgan fingerprint density at radius 1 is 1.25 bits per heavy atom. The van der Waals surface area contributed by atoms with Crippen LogP contribution in [-0.4, -0.2) is 19.0 Å². The van der Waals surface area contributed by atoms with Crippen LogP contribution >= 0.6 is 11.3 Å². The van der Waals surface area contributed by atoms with E-state index in [1.165, 1.54) is 18.4 Å². The number of esters is 1. The second-order valence-electron chi connectivity index (χ2n) is 4.12. The van der Waals surface area contributed by atoms with Gasteiger partial charge in [-0.05, 0) is 24.6 Å². The van der Waals surface area contributed by atoms with Crippen LogP contribution in [0.15, 0.2) is 36.4 Å². The summed E-state index contributed by atoms with van der Waals surface area (Å²) in [5, 5.41) is 3.31. The molecule has 5 heteroatoms. The van der Waals surface area contributed by atoms with E-state index in [1.54, 1.807) is 30.3 Å². The number of hydrogen-bond acceptors (Lipinski definition) is 4. The molecule has 2 rings (SSSR count). The Bertz CT molecular complexity index is 619. The quantitative estimate of drug-likeness (QED) is 0.878. The van der Waals surface area contributed by atoms with Gasteiger partial charge in [-0.25, -0.2) is 4.79 Å². The van der Waals surface area contributed by atoms with Crippen LogP contribution in [0.2, 0.25) is 0 Å². The fourth-order valence-corrected chi connectivity index (χ4v) is 2.71. The monoisotopic (exact) mass is 289 g/mol. The van der Waals surface area contributed by atoms with Crippen molar-refractivity contribution < 1.29 is 14.3 Å². The lowest BCUT2D eigenvalue weighted by atomic mass is 10.2. The van der Waals surface area contributed by atoms with E-state index < -0.39 is 5.97 Å². The number of ether oxygens (including phenoxy) is 1. The van der Waals surface area contributed by atoms with E-state index in [2.05, 4.69) is 5.32 Å². The SMILES string of the molecule is CCc1cc(C(=O)OC)c(NC(=O)c2ccccc2)s1. The molecule has 0 aliphatic heterocycles. The lowest BCUT2D eigenvalue weighted by molar-refractivity contribution is 0.0602. The molecule has 0 bridgehead atoms. The van der Waals surface area contributed by atoms with Crippen LogP contribution < -0.4 is 5.32 Å². The van der Waals surface area contributed by atoms with Gasteiger partial charge in [-0.3, -0.25) is 4.79 Å². The van der Waals surface area contributed by atoms with Gasteiger partial charge in [0.1, 0.15) is 5.00 Å². The van der Waals surface area contributed by atoms with Gasteiger partial charge in [-0.1, -0.05) is 25.1 Å². The Morgan fingerprint density at radius 2 is 1.95 bits per heavy atom. The van der Waals surface area contributed by atoms with Crippen LogP contribution in [-0.2, 0) is 11.2 Å². The number of nitrogens with one attached hydrogen (secondary N) is 1. The average molecular weight is 289 g/mol. The van der Waals surface area contributed by atoms with Gasteiger partial charge in [0.2, 0.25) is 0 Å². The van der Waals surface area contributed by atoms with Crippen LogP contribution in [0.25, 0.3) is 0 Å². The third-order valence-corrected chi connectivity index (χ3v) is 3.99. The van der Waals surface area contributed by atoms with E-state index in [0.29, 0.717) is 16.1 Å². The zero-order chi connectivity index (χ0) is 14.5. The van der Waals surface area contributed by atoms with Gasteiger partial charge in [0.15, 0.2) is 0 Å². The second kappa shape index (κ2) is 6.34. The summed E-state index contributed by atoms with van der Waals surface area (Å²) in [6.07, 6.45) is 0.801. The number of thiophene rings is 1. The molecule has 0 saturated carbocycles. The fraction of sp³-hybridized carbons (Fsp3) is 0.200. The van der Waals surface area contributed by atoms with Crippen LogP contribution in [0.5, 0.6) is 0 Å². The van der Waals surface area contributed by atoms with Crippen molar-refractivity contribution in [1.82, 2.24) is 0 Å². The molecule has 20 heavy (non-hydrogen) atoms. The van der Waals surface area contributed by atoms with Crippen LogP contribution in [0.4, 0.5) is 5.00 Å². The number of anilines is 1. The first-order valence-corrected chi connectivity index (χ1v) is 7.04. The van der Waals surface area contributed by atoms with Gasteiger partial charge < -0.3 is 10.1 Å². The van der Waals surface area contributed by atoms with Gasteiger partial charge >= 0.3 is 5.97 Å². The van der Waals surface area contributed by atoms with Crippen LogP contribution in [0.3, 0.4) is 0 Å². The zero-order valence-electron chi connectivity index (χ0n) is 11.3. The summed E-state index contributed by atoms with van der Waals surface area (Å²) < 4.78 is 4.74. The Labute approximate surface area is 121 Å². The molecule has 0 fully saturated rings. The molecule has 0 spiro atoms. The molecule has 1 aromatic heterocycles. The van der Waals surface area contributed by atoms with Crippen molar-refractivity contribution in [2.24, 2.45) is 0 Å². The molecule has 0 radical (unpaired) electrons. The molecule has 1 N–H and O–H groups in total. The van der Waals surface area contributed by atoms with Crippen LogP contribution in [0, 0.1) is 0 Å². The highest BCUT2D eigenvalue weighted by atomic mass is 32.1. The van der Waals surface area contributed by atoms with Crippen molar-refractivity contribution >= 4 is 28.2 Å². The summed E-state index contributed by atoms with van der Waals surface area (Å²) in [5.74, 6) is -0.676. The highest BCUT2D eigenvalue weighted by molar-refractivity contribution is 7.16. The van der Waals surface area contributed by atoms with E-state index >= 15 is 0 Å². The Kier molecular flexibility index (Phi) is 4.53. The zero-order valence-corrected chi connectivity index (χ0v) is 12.1. The average Bonchev–Trinajstić information content (AvgIpc) is 2.90. The highest BCUT2D eigenvalue weighted by Crippen LogP contribution is 2.29. The number of aryl methyl sites for hydroxylation is 1. The predicted octanol–water partition coefficient (Wildman–Crippen LogP) is 3.35. The summed E-state index contributed by atoms with van der Waals surface area (Å²) in [5.41, 5.74) is 0.952. The number of methoxy groups -OCH3 is 1. The van der Waals surface area contributed by atoms with Crippen molar-refractivity contribution in [2.45, 2.75) is 13.3 Å². The van der Waals surface area contributed by atoms with Gasteiger partial charge in [0, 0.05) is 10.4 Å². The third kappa shape index (κ3) is 3.05. The summed E-state index contributed by atoms with van der Waals surface area (Å²) in [4.78, 5) is 24.9. The maximum absolute atomic E-state index is 12.1. The van der Waals surface area contributed by atoms with Crippen molar-refractivity contribution in [1.29, 1.82) is 0 Å². The summed E-state index contributed by atoms with van der Waals surface area (Å²) in [6.45, 7) is 2.00. The van der Waals surface area contributed by atoms with Crippen molar-refractivity contribution in [3.05, 3.63) is 52.4 Å². The first-order valence-electron chi connectivity index (χ1n) is 6.23. The molecule has 2 aromatic rings. The number of rotatable bonds is 4. The summed E-state index contributed by atoms with van der Waals surface area (Å²) in [7, 11) is 1.33. The highest BCUT2D eigenvalue weighted by Gasteiger charge is 2.18. The van der Waals surface area contributed by atoms with E-state index in [0.717, 1.165) is 11.3 Å². The number of hydrogen-bond donors (Lipinski definition) is 1. The Morgan fingerprint density at radius 3 is 2.55 bits per heavy atom. The number of benzene rings is 1. The number of amides is 1. The molecule has 1 heterocycles. The van der Waals surface area contributed by atoms with E-state index in [9.17, 15) is 9.59 Å². The topological polar surface area (TPSA) is 55.4 Å². The molecule has 104 valence electrons. The van der Waals surface area contributed by atoms with Crippen molar-refractivity contribution in [3.63, 3.8) is 0 Å². The molecule has 0 aliphatic carbocycles. The summed E-state index contributed by atoms with van der Waals surface area (Å²) in [6, 6.07) is 10.6. The standard InChI is InChI=1S/C15H15NO3S/c1-3-11-9-12(15(18)19-2)14(20-11)16-13(17)10-7-5-4-6-8-10/h4-9H,3H2,1-2H3,(H,16,17).